The second kappa shape index (κ2) is 6.58. The van der Waals surface area contributed by atoms with Crippen LogP contribution in [0, 0.1) is 0 Å². The number of fused-ring (bicyclic) bond motifs is 1. The van der Waals surface area contributed by atoms with Crippen molar-refractivity contribution in [3.63, 3.8) is 0 Å². The van der Waals surface area contributed by atoms with Gasteiger partial charge in [0, 0.05) is 24.3 Å². The van der Waals surface area contributed by atoms with Gasteiger partial charge in [-0.2, -0.15) is 0 Å². The van der Waals surface area contributed by atoms with Crippen LogP contribution in [0.5, 0.6) is 0 Å². The molecule has 0 N–H and O–H groups in total. The molecule has 0 unspecified atom stereocenters. The Balaban J connectivity index is 0.000000704. The van der Waals surface area contributed by atoms with Crippen LogP contribution in [0.3, 0.4) is 0 Å². The van der Waals surface area contributed by atoms with Crippen LogP contribution in [0.15, 0.2) is 42.5 Å². The van der Waals surface area contributed by atoms with E-state index in [-0.39, 0.29) is 0 Å². The minimum absolute atomic E-state index is 0.512. The fraction of sp³-hybridized carbons (Fsp3) is 0.235. The van der Waals surface area contributed by atoms with E-state index in [1.165, 1.54) is 11.1 Å². The van der Waals surface area contributed by atoms with Gasteiger partial charge in [0.1, 0.15) is 0 Å². The summed E-state index contributed by atoms with van der Waals surface area (Å²) >= 11 is 6.06. The van der Waals surface area contributed by atoms with Gasteiger partial charge in [0.15, 0.2) is 6.29 Å². The topological polar surface area (TPSA) is 20.3 Å². The van der Waals surface area contributed by atoms with Crippen molar-refractivity contribution >= 4 is 23.6 Å². The Morgan fingerprint density at radius 1 is 1.05 bits per heavy atom. The van der Waals surface area contributed by atoms with Crippen molar-refractivity contribution in [2.24, 2.45) is 0 Å². The molecule has 2 aromatic rings. The van der Waals surface area contributed by atoms with Gasteiger partial charge in [-0.25, -0.2) is 0 Å². The zero-order valence-electron chi connectivity index (χ0n) is 11.8. The van der Waals surface area contributed by atoms with Gasteiger partial charge >= 0.3 is 0 Å². The van der Waals surface area contributed by atoms with Crippen LogP contribution in [-0.4, -0.2) is 6.29 Å². The number of carbonyl (C=O) groups excluding carboxylic acids is 1. The smallest absolute Gasteiger partial charge is 0.151 e. The molecule has 0 saturated heterocycles. The Labute approximate surface area is 125 Å². The second-order valence-corrected chi connectivity index (χ2v) is 4.86. The van der Waals surface area contributed by atoms with E-state index in [0.717, 1.165) is 25.1 Å². The van der Waals surface area contributed by atoms with Crippen molar-refractivity contribution < 1.29 is 4.79 Å². The van der Waals surface area contributed by atoms with E-state index in [1.54, 1.807) is 6.07 Å². The van der Waals surface area contributed by atoms with Gasteiger partial charge in [0.25, 0.3) is 0 Å². The number of halogens is 1. The van der Waals surface area contributed by atoms with Gasteiger partial charge in [0.2, 0.25) is 0 Å². The highest BCUT2D eigenvalue weighted by Crippen LogP contribution is 2.30. The van der Waals surface area contributed by atoms with Crippen LogP contribution in [0.1, 0.15) is 35.3 Å². The zero-order valence-corrected chi connectivity index (χ0v) is 12.5. The first-order valence-corrected chi connectivity index (χ1v) is 7.22. The Morgan fingerprint density at radius 3 is 2.15 bits per heavy atom. The molecular formula is C17H18ClNO. The number of rotatable bonds is 2. The molecule has 1 aliphatic rings. The summed E-state index contributed by atoms with van der Waals surface area (Å²) in [4.78, 5) is 13.0. The van der Waals surface area contributed by atoms with Crippen LogP contribution >= 0.6 is 11.6 Å². The fourth-order valence-electron chi connectivity index (χ4n) is 2.32. The van der Waals surface area contributed by atoms with Crippen LogP contribution in [0.25, 0.3) is 0 Å². The number of nitrogens with zero attached hydrogens (tertiary/aromatic N) is 1. The van der Waals surface area contributed by atoms with Gasteiger partial charge in [-0.05, 0) is 29.3 Å². The monoisotopic (exact) mass is 287 g/mol. The van der Waals surface area contributed by atoms with Crippen LogP contribution in [-0.2, 0) is 13.1 Å². The predicted octanol–water partition coefficient (Wildman–Crippen LogP) is 4.70. The molecule has 2 nitrogen and oxygen atoms in total. The van der Waals surface area contributed by atoms with Gasteiger partial charge in [-0.1, -0.05) is 49.7 Å². The van der Waals surface area contributed by atoms with E-state index >= 15 is 0 Å². The number of benzene rings is 2. The maximum atomic E-state index is 10.7. The molecule has 0 aliphatic carbocycles. The third kappa shape index (κ3) is 2.86. The minimum Gasteiger partial charge on any atom is -0.363 e. The highest BCUT2D eigenvalue weighted by atomic mass is 35.5. The molecule has 3 rings (SSSR count). The zero-order chi connectivity index (χ0) is 14.5. The lowest BCUT2D eigenvalue weighted by molar-refractivity contribution is 0.112. The summed E-state index contributed by atoms with van der Waals surface area (Å²) in [7, 11) is 0. The first kappa shape index (κ1) is 14.6. The first-order chi connectivity index (χ1) is 9.78. The summed E-state index contributed by atoms with van der Waals surface area (Å²) in [6, 6.07) is 14.0. The first-order valence-electron chi connectivity index (χ1n) is 6.84. The maximum absolute atomic E-state index is 10.7. The van der Waals surface area contributed by atoms with Crippen molar-refractivity contribution in [1.82, 2.24) is 0 Å². The largest absolute Gasteiger partial charge is 0.363 e. The van der Waals surface area contributed by atoms with Crippen LogP contribution in [0.2, 0.25) is 5.02 Å². The Hall–Kier alpha value is -1.80. The third-order valence-corrected chi connectivity index (χ3v) is 3.64. The molecule has 20 heavy (non-hydrogen) atoms. The molecule has 0 bridgehead atoms. The van der Waals surface area contributed by atoms with Gasteiger partial charge in [-0.3, -0.25) is 4.79 Å². The standard InChI is InChI=1S/C15H12ClNO.C2H6/c16-15-7-14(6-5-13(15)10-18)17-8-11-3-1-2-4-12(11)9-17;1-2/h1-7,10H,8-9H2;1-2H3. The molecule has 0 amide bonds. The van der Waals surface area contributed by atoms with E-state index in [4.69, 9.17) is 11.6 Å². The summed E-state index contributed by atoms with van der Waals surface area (Å²) in [5.74, 6) is 0. The number of anilines is 1. The lowest BCUT2D eigenvalue weighted by Gasteiger charge is -2.18. The van der Waals surface area contributed by atoms with Crippen molar-refractivity contribution in [3.8, 4) is 0 Å². The molecule has 1 aliphatic heterocycles. The number of hydrogen-bond donors (Lipinski definition) is 0. The SMILES string of the molecule is CC.O=Cc1ccc(N2Cc3ccccc3C2)cc1Cl. The van der Waals surface area contributed by atoms with E-state index in [9.17, 15) is 4.79 Å². The van der Waals surface area contributed by atoms with Gasteiger partial charge in [-0.15, -0.1) is 0 Å². The summed E-state index contributed by atoms with van der Waals surface area (Å²) in [6.45, 7) is 5.79. The van der Waals surface area contributed by atoms with Crippen LogP contribution in [0.4, 0.5) is 5.69 Å². The number of aldehydes is 1. The van der Waals surface area contributed by atoms with Gasteiger partial charge in [0.05, 0.1) is 5.02 Å². The highest BCUT2D eigenvalue weighted by molar-refractivity contribution is 6.33. The van der Waals surface area contributed by atoms with E-state index in [0.29, 0.717) is 10.6 Å². The Morgan fingerprint density at radius 2 is 1.65 bits per heavy atom. The second-order valence-electron chi connectivity index (χ2n) is 4.45. The fourth-order valence-corrected chi connectivity index (χ4v) is 2.54. The average molecular weight is 288 g/mol. The molecule has 0 fully saturated rings. The molecule has 0 radical (unpaired) electrons. The summed E-state index contributed by atoms with van der Waals surface area (Å²) in [5, 5.41) is 0.512. The number of carbonyl (C=O) groups is 1. The quantitative estimate of drug-likeness (QED) is 0.746. The lowest BCUT2D eigenvalue weighted by Crippen LogP contribution is -2.14. The predicted molar refractivity (Wildman–Crippen MR) is 84.5 cm³/mol. The molecule has 104 valence electrons. The maximum Gasteiger partial charge on any atom is 0.151 e. The highest BCUT2D eigenvalue weighted by Gasteiger charge is 2.18. The summed E-state index contributed by atoms with van der Waals surface area (Å²) in [6.07, 6.45) is 0.783. The van der Waals surface area contributed by atoms with E-state index in [2.05, 4.69) is 29.2 Å². The lowest BCUT2D eigenvalue weighted by atomic mass is 10.1. The molecule has 2 aromatic carbocycles. The third-order valence-electron chi connectivity index (χ3n) is 3.32. The van der Waals surface area contributed by atoms with Crippen molar-refractivity contribution in [1.29, 1.82) is 0 Å². The summed E-state index contributed by atoms with van der Waals surface area (Å²) < 4.78 is 0. The molecule has 3 heteroatoms. The molecule has 1 heterocycles. The Bertz CT molecular complexity index is 585. The summed E-state index contributed by atoms with van der Waals surface area (Å²) in [5.41, 5.74) is 4.31. The van der Waals surface area contributed by atoms with Gasteiger partial charge < -0.3 is 4.90 Å². The molecule has 0 spiro atoms. The number of hydrogen-bond acceptors (Lipinski definition) is 2. The normalized spacial score (nSPS) is 12.4. The van der Waals surface area contributed by atoms with E-state index < -0.39 is 0 Å². The van der Waals surface area contributed by atoms with E-state index in [1.807, 2.05) is 26.0 Å². The molecule has 0 aromatic heterocycles. The Kier molecular flexibility index (Phi) is 4.80. The van der Waals surface area contributed by atoms with Crippen molar-refractivity contribution in [2.45, 2.75) is 26.9 Å². The minimum atomic E-state index is 0.512. The average Bonchev–Trinajstić information content (AvgIpc) is 2.93. The molecular weight excluding hydrogens is 270 g/mol. The molecule has 0 atom stereocenters. The molecule has 0 saturated carbocycles. The van der Waals surface area contributed by atoms with Crippen molar-refractivity contribution in [3.05, 3.63) is 64.2 Å². The van der Waals surface area contributed by atoms with Crippen LogP contribution < -0.4 is 4.90 Å². The van der Waals surface area contributed by atoms with Crippen molar-refractivity contribution in [2.75, 3.05) is 4.90 Å².